The molecule has 0 bridgehead atoms. The quantitative estimate of drug-likeness (QED) is 0.829. The molecule has 0 unspecified atom stereocenters. The molecule has 0 aliphatic heterocycles. The Morgan fingerprint density at radius 3 is 2.81 bits per heavy atom. The van der Waals surface area contributed by atoms with Gasteiger partial charge in [-0.1, -0.05) is 11.6 Å². The molecule has 1 aromatic rings. The van der Waals surface area contributed by atoms with Crippen molar-refractivity contribution in [1.29, 1.82) is 0 Å². The molecule has 1 rings (SSSR count). The lowest BCUT2D eigenvalue weighted by molar-refractivity contribution is -0.131. The van der Waals surface area contributed by atoms with Crippen LogP contribution in [0, 0.1) is 5.82 Å². The molecule has 0 aliphatic carbocycles. The first-order chi connectivity index (χ1) is 7.54. The number of carbonyl (C=O) groups is 1. The molecule has 0 saturated heterocycles. The molecule has 0 atom stereocenters. The van der Waals surface area contributed by atoms with E-state index < -0.39 is 11.8 Å². The lowest BCUT2D eigenvalue weighted by Gasteiger charge is -2.07. The number of benzene rings is 1. The van der Waals surface area contributed by atoms with Crippen molar-refractivity contribution in [3.63, 3.8) is 0 Å². The van der Waals surface area contributed by atoms with Crippen LogP contribution in [-0.4, -0.2) is 17.7 Å². The van der Waals surface area contributed by atoms with E-state index in [9.17, 15) is 9.18 Å². The molecule has 1 aromatic carbocycles. The van der Waals surface area contributed by atoms with E-state index in [1.807, 2.05) is 0 Å². The van der Waals surface area contributed by atoms with Crippen molar-refractivity contribution in [2.75, 3.05) is 6.61 Å². The van der Waals surface area contributed by atoms with Gasteiger partial charge in [-0.15, -0.1) is 0 Å². The summed E-state index contributed by atoms with van der Waals surface area (Å²) in [6.45, 7) is 2.02. The summed E-state index contributed by atoms with van der Waals surface area (Å²) in [5.41, 5.74) is 0.369. The van der Waals surface area contributed by atoms with Crippen LogP contribution in [0.3, 0.4) is 0 Å². The molecule has 0 aromatic heterocycles. The van der Waals surface area contributed by atoms with Gasteiger partial charge in [0.05, 0.1) is 11.6 Å². The first-order valence-corrected chi connectivity index (χ1v) is 4.95. The van der Waals surface area contributed by atoms with Gasteiger partial charge in [-0.25, -0.2) is 9.18 Å². The second kappa shape index (κ2) is 5.51. The third-order valence-electron chi connectivity index (χ3n) is 1.73. The van der Waals surface area contributed by atoms with Crippen LogP contribution in [0.2, 0.25) is 5.02 Å². The van der Waals surface area contributed by atoms with E-state index in [4.69, 9.17) is 21.4 Å². The van der Waals surface area contributed by atoms with Crippen LogP contribution in [0.15, 0.2) is 18.2 Å². The van der Waals surface area contributed by atoms with E-state index in [0.29, 0.717) is 12.2 Å². The lowest BCUT2D eigenvalue weighted by atomic mass is 10.2. The highest BCUT2D eigenvalue weighted by Crippen LogP contribution is 2.29. The maximum Gasteiger partial charge on any atom is 0.328 e. The average Bonchev–Trinajstić information content (AvgIpc) is 2.20. The molecule has 0 fully saturated rings. The molecule has 86 valence electrons. The van der Waals surface area contributed by atoms with E-state index in [2.05, 4.69) is 0 Å². The number of ether oxygens (including phenoxy) is 1. The molecule has 0 aliphatic rings. The van der Waals surface area contributed by atoms with Crippen LogP contribution in [-0.2, 0) is 4.79 Å². The van der Waals surface area contributed by atoms with E-state index in [1.54, 1.807) is 6.92 Å². The van der Waals surface area contributed by atoms with Gasteiger partial charge in [-0.3, -0.25) is 0 Å². The van der Waals surface area contributed by atoms with Gasteiger partial charge >= 0.3 is 5.97 Å². The van der Waals surface area contributed by atoms with Crippen LogP contribution in [0.1, 0.15) is 12.5 Å². The number of carboxylic acids is 1. The van der Waals surface area contributed by atoms with Gasteiger partial charge in [-0.2, -0.15) is 0 Å². The van der Waals surface area contributed by atoms with Crippen molar-refractivity contribution < 1.29 is 19.0 Å². The molecule has 16 heavy (non-hydrogen) atoms. The molecule has 1 N–H and O–H groups in total. The predicted octanol–water partition coefficient (Wildman–Crippen LogP) is 2.98. The number of hydrogen-bond acceptors (Lipinski definition) is 2. The van der Waals surface area contributed by atoms with Crippen molar-refractivity contribution in [3.8, 4) is 5.75 Å². The minimum absolute atomic E-state index is 0.0170. The van der Waals surface area contributed by atoms with Crippen molar-refractivity contribution >= 4 is 23.6 Å². The summed E-state index contributed by atoms with van der Waals surface area (Å²) in [4.78, 5) is 10.3. The fourth-order valence-electron chi connectivity index (χ4n) is 1.13. The van der Waals surface area contributed by atoms with Crippen molar-refractivity contribution in [3.05, 3.63) is 34.6 Å². The Bertz CT molecular complexity index is 406. The smallest absolute Gasteiger partial charge is 0.328 e. The van der Waals surface area contributed by atoms with Crippen LogP contribution in [0.4, 0.5) is 4.39 Å². The van der Waals surface area contributed by atoms with Gasteiger partial charge in [-0.05, 0) is 30.7 Å². The molecular weight excluding hydrogens is 235 g/mol. The zero-order valence-electron chi connectivity index (χ0n) is 8.54. The van der Waals surface area contributed by atoms with Crippen molar-refractivity contribution in [2.24, 2.45) is 0 Å². The summed E-state index contributed by atoms with van der Waals surface area (Å²) < 4.78 is 18.4. The highest BCUT2D eigenvalue weighted by Gasteiger charge is 2.09. The maximum atomic E-state index is 13.4. The Kier molecular flexibility index (Phi) is 4.31. The largest absolute Gasteiger partial charge is 0.489 e. The first kappa shape index (κ1) is 12.5. The zero-order chi connectivity index (χ0) is 12.1. The summed E-state index contributed by atoms with van der Waals surface area (Å²) in [5.74, 6) is -1.73. The number of carboxylic acid groups (broad SMARTS) is 1. The number of hydrogen-bond donors (Lipinski definition) is 1. The van der Waals surface area contributed by atoms with Crippen molar-refractivity contribution in [2.45, 2.75) is 6.92 Å². The molecule has 0 spiro atoms. The van der Waals surface area contributed by atoms with Crippen LogP contribution in [0.5, 0.6) is 5.75 Å². The summed E-state index contributed by atoms with van der Waals surface area (Å²) in [7, 11) is 0. The van der Waals surface area contributed by atoms with Gasteiger partial charge in [0.2, 0.25) is 0 Å². The molecule has 0 saturated carbocycles. The number of rotatable bonds is 4. The average molecular weight is 245 g/mol. The second-order valence-corrected chi connectivity index (χ2v) is 3.33. The topological polar surface area (TPSA) is 46.5 Å². The Hall–Kier alpha value is -1.55. The van der Waals surface area contributed by atoms with Gasteiger partial charge < -0.3 is 9.84 Å². The fraction of sp³-hybridized carbons (Fsp3) is 0.182. The summed E-state index contributed by atoms with van der Waals surface area (Å²) in [6.07, 6.45) is 2.17. The van der Waals surface area contributed by atoms with Crippen LogP contribution < -0.4 is 4.74 Å². The number of halogens is 2. The molecular formula is C11H10ClFO3. The number of aliphatic carboxylic acids is 1. The van der Waals surface area contributed by atoms with E-state index in [1.165, 1.54) is 12.1 Å². The van der Waals surface area contributed by atoms with E-state index in [0.717, 1.165) is 12.1 Å². The molecule has 0 radical (unpaired) electrons. The zero-order valence-corrected chi connectivity index (χ0v) is 9.29. The summed E-state index contributed by atoms with van der Waals surface area (Å²) in [6, 6.07) is 2.60. The van der Waals surface area contributed by atoms with Crippen molar-refractivity contribution in [1.82, 2.24) is 0 Å². The minimum Gasteiger partial charge on any atom is -0.489 e. The third kappa shape index (κ3) is 3.24. The first-order valence-electron chi connectivity index (χ1n) is 4.57. The molecule has 3 nitrogen and oxygen atoms in total. The standard InChI is InChI=1S/C11H10ClFO3/c1-2-16-11-8(12)5-7(6-9(11)13)3-4-10(14)15/h3-6H,2H2,1H3,(H,14,15). The molecule has 0 amide bonds. The lowest BCUT2D eigenvalue weighted by Crippen LogP contribution is -1.96. The minimum atomic E-state index is -1.11. The Morgan fingerprint density at radius 2 is 2.31 bits per heavy atom. The Labute approximate surface area is 97.1 Å². The van der Waals surface area contributed by atoms with Gasteiger partial charge in [0.1, 0.15) is 0 Å². The van der Waals surface area contributed by atoms with Gasteiger partial charge in [0, 0.05) is 6.08 Å². The highest BCUT2D eigenvalue weighted by molar-refractivity contribution is 6.32. The predicted molar refractivity (Wildman–Crippen MR) is 59.2 cm³/mol. The molecule has 0 heterocycles. The second-order valence-electron chi connectivity index (χ2n) is 2.92. The molecule has 5 heteroatoms. The fourth-order valence-corrected chi connectivity index (χ4v) is 1.40. The van der Waals surface area contributed by atoms with Gasteiger partial charge in [0.25, 0.3) is 0 Å². The Balaban J connectivity index is 3.04. The summed E-state index contributed by atoms with van der Waals surface area (Å²) in [5, 5.41) is 8.53. The van der Waals surface area contributed by atoms with Crippen LogP contribution >= 0.6 is 11.6 Å². The van der Waals surface area contributed by atoms with E-state index in [-0.39, 0.29) is 10.8 Å². The monoisotopic (exact) mass is 244 g/mol. The summed E-state index contributed by atoms with van der Waals surface area (Å²) >= 11 is 5.78. The van der Waals surface area contributed by atoms with Gasteiger partial charge in [0.15, 0.2) is 11.6 Å². The third-order valence-corrected chi connectivity index (χ3v) is 2.01. The Morgan fingerprint density at radius 1 is 1.62 bits per heavy atom. The normalized spacial score (nSPS) is 10.7. The maximum absolute atomic E-state index is 13.4. The SMILES string of the molecule is CCOc1c(F)cc(C=CC(=O)O)cc1Cl. The van der Waals surface area contributed by atoms with Crippen LogP contribution in [0.25, 0.3) is 6.08 Å². The highest BCUT2D eigenvalue weighted by atomic mass is 35.5. The van der Waals surface area contributed by atoms with E-state index >= 15 is 0 Å².